The van der Waals surface area contributed by atoms with E-state index in [4.69, 9.17) is 4.74 Å². The Morgan fingerprint density at radius 2 is 2.21 bits per heavy atom. The Hall–Kier alpha value is -1.26. The maximum atomic E-state index is 13.3. The first kappa shape index (κ1) is 14.2. The van der Waals surface area contributed by atoms with Crippen molar-refractivity contribution in [1.82, 2.24) is 4.90 Å². The predicted molar refractivity (Wildman–Crippen MR) is 71.9 cm³/mol. The zero-order valence-corrected chi connectivity index (χ0v) is 11.6. The summed E-state index contributed by atoms with van der Waals surface area (Å²) < 4.78 is 18.8. The van der Waals surface area contributed by atoms with Gasteiger partial charge in [0.1, 0.15) is 11.9 Å². The first-order chi connectivity index (χ1) is 8.99. The Bertz CT molecular complexity index is 473. The molecule has 0 saturated carbocycles. The van der Waals surface area contributed by atoms with Crippen LogP contribution in [0.25, 0.3) is 0 Å². The van der Waals surface area contributed by atoms with Crippen LogP contribution in [0.4, 0.5) is 4.39 Å². The number of aryl methyl sites for hydroxylation is 1. The second-order valence-electron chi connectivity index (χ2n) is 5.27. The number of nitrogens with zero attached hydrogens (tertiary/aromatic N) is 1. The van der Waals surface area contributed by atoms with Gasteiger partial charge in [-0.05, 0) is 38.5 Å². The van der Waals surface area contributed by atoms with E-state index in [1.807, 2.05) is 6.92 Å². The van der Waals surface area contributed by atoms with Gasteiger partial charge < -0.3 is 4.74 Å². The van der Waals surface area contributed by atoms with Crippen LogP contribution in [0.1, 0.15) is 29.8 Å². The molecule has 4 heteroatoms. The van der Waals surface area contributed by atoms with Gasteiger partial charge >= 0.3 is 0 Å². The van der Waals surface area contributed by atoms with Gasteiger partial charge in [-0.3, -0.25) is 9.69 Å². The number of carbonyl (C=O) groups excluding carboxylic acids is 1. The fourth-order valence-electron chi connectivity index (χ4n) is 2.33. The molecule has 1 atom stereocenters. The molecule has 19 heavy (non-hydrogen) atoms. The van der Waals surface area contributed by atoms with Crippen molar-refractivity contribution < 1.29 is 13.9 Å². The summed E-state index contributed by atoms with van der Waals surface area (Å²) in [6.45, 7) is 7.97. The average Bonchev–Trinajstić information content (AvgIpc) is 2.41. The van der Waals surface area contributed by atoms with E-state index >= 15 is 0 Å². The van der Waals surface area contributed by atoms with Gasteiger partial charge in [0.2, 0.25) is 0 Å². The lowest BCUT2D eigenvalue weighted by Crippen LogP contribution is -2.48. The third-order valence-corrected chi connectivity index (χ3v) is 3.59. The Balaban J connectivity index is 2.17. The molecule has 0 aliphatic carbocycles. The predicted octanol–water partition coefficient (Wildman–Crippen LogP) is 2.43. The van der Waals surface area contributed by atoms with E-state index in [-0.39, 0.29) is 11.6 Å². The quantitative estimate of drug-likeness (QED) is 0.786. The maximum absolute atomic E-state index is 13.3. The fourth-order valence-corrected chi connectivity index (χ4v) is 2.33. The molecular formula is C15H20FNO2. The minimum absolute atomic E-state index is 0.123. The van der Waals surface area contributed by atoms with Crippen LogP contribution in [0, 0.1) is 12.7 Å². The van der Waals surface area contributed by atoms with Crippen LogP contribution < -0.4 is 0 Å². The number of hydrogen-bond donors (Lipinski definition) is 0. The largest absolute Gasteiger partial charge is 0.367 e. The summed E-state index contributed by atoms with van der Waals surface area (Å²) in [5.74, 6) is -0.507. The van der Waals surface area contributed by atoms with Crippen molar-refractivity contribution in [3.63, 3.8) is 0 Å². The van der Waals surface area contributed by atoms with Crippen LogP contribution in [0.5, 0.6) is 0 Å². The van der Waals surface area contributed by atoms with E-state index in [9.17, 15) is 9.18 Å². The third-order valence-electron chi connectivity index (χ3n) is 3.59. The topological polar surface area (TPSA) is 29.5 Å². The van der Waals surface area contributed by atoms with Crippen LogP contribution >= 0.6 is 0 Å². The molecule has 0 amide bonds. The second-order valence-corrected chi connectivity index (χ2v) is 5.27. The fraction of sp³-hybridized carbons (Fsp3) is 0.533. The van der Waals surface area contributed by atoms with Gasteiger partial charge in [0.05, 0.1) is 6.61 Å². The number of carbonyl (C=O) groups is 1. The van der Waals surface area contributed by atoms with Crippen LogP contribution in [0.3, 0.4) is 0 Å². The molecule has 0 radical (unpaired) electrons. The number of ketones is 1. The lowest BCUT2D eigenvalue weighted by Gasteiger charge is -2.34. The Labute approximate surface area is 113 Å². The summed E-state index contributed by atoms with van der Waals surface area (Å²) in [7, 11) is 0. The molecule has 1 aliphatic rings. The van der Waals surface area contributed by atoms with Crippen LogP contribution in [0.2, 0.25) is 0 Å². The van der Waals surface area contributed by atoms with Gasteiger partial charge in [-0.15, -0.1) is 0 Å². The summed E-state index contributed by atoms with van der Waals surface area (Å²) in [6.07, 6.45) is -0.489. The average molecular weight is 265 g/mol. The van der Waals surface area contributed by atoms with E-state index in [0.29, 0.717) is 24.8 Å². The molecule has 1 heterocycles. The first-order valence-corrected chi connectivity index (χ1v) is 6.65. The van der Waals surface area contributed by atoms with Gasteiger partial charge in [0.25, 0.3) is 0 Å². The lowest BCUT2D eigenvalue weighted by molar-refractivity contribution is -0.0256. The summed E-state index contributed by atoms with van der Waals surface area (Å²) in [5.41, 5.74) is 1.22. The molecule has 0 bridgehead atoms. The van der Waals surface area contributed by atoms with Crippen LogP contribution in [0.15, 0.2) is 18.2 Å². The van der Waals surface area contributed by atoms with E-state index in [0.717, 1.165) is 12.1 Å². The minimum Gasteiger partial charge on any atom is -0.367 e. The van der Waals surface area contributed by atoms with Crippen molar-refractivity contribution in [2.24, 2.45) is 0 Å². The molecule has 0 aromatic heterocycles. The van der Waals surface area contributed by atoms with E-state index in [2.05, 4.69) is 18.7 Å². The van der Waals surface area contributed by atoms with Crippen LogP contribution in [-0.4, -0.2) is 42.5 Å². The Morgan fingerprint density at radius 3 is 2.89 bits per heavy atom. The van der Waals surface area contributed by atoms with Crippen molar-refractivity contribution in [3.05, 3.63) is 35.1 Å². The summed E-state index contributed by atoms with van der Waals surface area (Å²) in [6, 6.07) is 4.68. The second kappa shape index (κ2) is 5.80. The Kier molecular flexibility index (Phi) is 4.32. The number of morpholine rings is 1. The molecule has 1 aromatic rings. The van der Waals surface area contributed by atoms with Crippen LogP contribution in [-0.2, 0) is 4.74 Å². The van der Waals surface area contributed by atoms with Crippen molar-refractivity contribution >= 4 is 5.78 Å². The monoisotopic (exact) mass is 265 g/mol. The molecule has 1 fully saturated rings. The highest BCUT2D eigenvalue weighted by atomic mass is 19.1. The smallest absolute Gasteiger partial charge is 0.193 e. The van der Waals surface area contributed by atoms with Gasteiger partial charge in [-0.2, -0.15) is 0 Å². The van der Waals surface area contributed by atoms with Gasteiger partial charge in [0, 0.05) is 24.7 Å². The number of rotatable bonds is 3. The summed E-state index contributed by atoms with van der Waals surface area (Å²) >= 11 is 0. The number of halogens is 1. The lowest BCUT2D eigenvalue weighted by atomic mass is 9.99. The van der Waals surface area contributed by atoms with E-state index in [1.165, 1.54) is 12.1 Å². The normalized spacial score (nSPS) is 20.8. The molecule has 1 saturated heterocycles. The third kappa shape index (κ3) is 3.19. The van der Waals surface area contributed by atoms with Gasteiger partial charge in [0.15, 0.2) is 5.78 Å². The number of ether oxygens (including phenoxy) is 1. The molecule has 0 spiro atoms. The minimum atomic E-state index is -0.489. The number of hydrogen-bond acceptors (Lipinski definition) is 3. The highest BCUT2D eigenvalue weighted by Gasteiger charge is 2.29. The molecule has 0 N–H and O–H groups in total. The molecule has 1 aromatic carbocycles. The number of Topliss-reactive ketones (excluding diaryl/α,β-unsaturated/α-hetero) is 1. The van der Waals surface area contributed by atoms with Gasteiger partial charge in [-0.1, -0.05) is 6.07 Å². The molecule has 3 nitrogen and oxygen atoms in total. The summed E-state index contributed by atoms with van der Waals surface area (Å²) in [4.78, 5) is 14.6. The van der Waals surface area contributed by atoms with E-state index < -0.39 is 6.10 Å². The highest BCUT2D eigenvalue weighted by molar-refractivity contribution is 6.00. The van der Waals surface area contributed by atoms with Crippen molar-refractivity contribution in [2.75, 3.05) is 19.7 Å². The number of benzene rings is 1. The zero-order valence-electron chi connectivity index (χ0n) is 11.6. The highest BCUT2D eigenvalue weighted by Crippen LogP contribution is 2.17. The van der Waals surface area contributed by atoms with E-state index in [1.54, 1.807) is 6.07 Å². The molecular weight excluding hydrogens is 245 g/mol. The SMILES string of the molecule is Cc1ccc(F)cc1C(=O)C1CN(C(C)C)CCO1. The molecule has 1 aliphatic heterocycles. The van der Waals surface area contributed by atoms with Crippen molar-refractivity contribution in [1.29, 1.82) is 0 Å². The molecule has 1 unspecified atom stereocenters. The molecule has 104 valence electrons. The first-order valence-electron chi connectivity index (χ1n) is 6.65. The van der Waals surface area contributed by atoms with Gasteiger partial charge in [-0.25, -0.2) is 4.39 Å². The zero-order chi connectivity index (χ0) is 14.0. The van der Waals surface area contributed by atoms with Crippen molar-refractivity contribution in [3.8, 4) is 0 Å². The maximum Gasteiger partial charge on any atom is 0.193 e. The molecule has 2 rings (SSSR count). The van der Waals surface area contributed by atoms with Crippen molar-refractivity contribution in [2.45, 2.75) is 32.9 Å². The summed E-state index contributed by atoms with van der Waals surface area (Å²) in [5, 5.41) is 0. The standard InChI is InChI=1S/C15H20FNO2/c1-10(2)17-6-7-19-14(9-17)15(18)13-8-12(16)5-4-11(13)3/h4-5,8,10,14H,6-7,9H2,1-3H3. The Morgan fingerprint density at radius 1 is 1.47 bits per heavy atom.